The van der Waals surface area contributed by atoms with Gasteiger partial charge >= 0.3 is 0 Å². The molecule has 0 spiro atoms. The van der Waals surface area contributed by atoms with Crippen LogP contribution in [0.15, 0.2) is 29.3 Å². The lowest BCUT2D eigenvalue weighted by molar-refractivity contribution is 0.422. The van der Waals surface area contributed by atoms with E-state index in [4.69, 9.17) is 4.99 Å². The monoisotopic (exact) mass is 451 g/mol. The van der Waals surface area contributed by atoms with Gasteiger partial charge in [0, 0.05) is 17.3 Å². The maximum absolute atomic E-state index is 11.0. The Bertz CT molecular complexity index is 963. The molecule has 0 radical (unpaired) electrons. The Hall–Kier alpha value is -2.29. The second-order valence-electron chi connectivity index (χ2n) is 13.5. The third-order valence-electron chi connectivity index (χ3n) is 6.05. The predicted molar refractivity (Wildman–Crippen MR) is 142 cm³/mol. The van der Waals surface area contributed by atoms with Crippen LogP contribution in [-0.2, 0) is 28.2 Å². The lowest BCUT2D eigenvalue weighted by Gasteiger charge is -2.28. The van der Waals surface area contributed by atoms with E-state index >= 15 is 0 Å². The van der Waals surface area contributed by atoms with Crippen molar-refractivity contribution in [3.8, 4) is 11.5 Å². The fourth-order valence-corrected chi connectivity index (χ4v) is 4.06. The topological polar surface area (TPSA) is 52.8 Å². The van der Waals surface area contributed by atoms with Gasteiger partial charge in [-0.2, -0.15) is 0 Å². The largest absolute Gasteiger partial charge is 0.507 e. The van der Waals surface area contributed by atoms with Crippen molar-refractivity contribution in [2.24, 2.45) is 4.99 Å². The molecule has 0 saturated carbocycles. The van der Waals surface area contributed by atoms with Crippen LogP contribution in [-0.4, -0.2) is 16.4 Å². The molecule has 0 saturated heterocycles. The highest BCUT2D eigenvalue weighted by molar-refractivity contribution is 5.81. The van der Waals surface area contributed by atoms with E-state index in [1.54, 1.807) is 0 Å². The van der Waals surface area contributed by atoms with E-state index in [2.05, 4.69) is 95.2 Å². The minimum atomic E-state index is -0.173. The molecule has 0 aliphatic carbocycles. The summed E-state index contributed by atoms with van der Waals surface area (Å²) < 4.78 is 0. The summed E-state index contributed by atoms with van der Waals surface area (Å²) in [5.41, 5.74) is 5.19. The molecule has 3 heteroatoms. The summed E-state index contributed by atoms with van der Waals surface area (Å²) in [6.07, 6.45) is 1.91. The second kappa shape index (κ2) is 8.81. The highest BCUT2D eigenvalue weighted by Crippen LogP contribution is 2.41. The number of benzene rings is 2. The third-order valence-corrected chi connectivity index (χ3v) is 6.05. The smallest absolute Gasteiger partial charge is 0.123 e. The summed E-state index contributed by atoms with van der Waals surface area (Å²) in [5.74, 6) is 0.779. The lowest BCUT2D eigenvalue weighted by Crippen LogP contribution is -2.18. The number of rotatable bonds is 3. The first kappa shape index (κ1) is 27.0. The predicted octanol–water partition coefficient (Wildman–Crippen LogP) is 7.91. The zero-order valence-electron chi connectivity index (χ0n) is 22.9. The number of hydrogen-bond acceptors (Lipinski definition) is 3. The third kappa shape index (κ3) is 6.40. The van der Waals surface area contributed by atoms with Gasteiger partial charge in [0.25, 0.3) is 0 Å². The van der Waals surface area contributed by atoms with E-state index in [-0.39, 0.29) is 21.7 Å². The molecule has 2 N–H and O–H groups in total. The molecule has 2 aromatic carbocycles. The van der Waals surface area contributed by atoms with Gasteiger partial charge in [-0.1, -0.05) is 83.1 Å². The molecule has 0 aliphatic heterocycles. The van der Waals surface area contributed by atoms with Crippen molar-refractivity contribution < 1.29 is 10.2 Å². The van der Waals surface area contributed by atoms with E-state index < -0.39 is 0 Å². The molecular formula is C30H45NO2. The molecule has 0 amide bonds. The molecule has 0 aromatic heterocycles. The highest BCUT2D eigenvalue weighted by atomic mass is 16.3. The zero-order valence-corrected chi connectivity index (χ0v) is 22.9. The Labute approximate surface area is 202 Å². The van der Waals surface area contributed by atoms with Crippen LogP contribution in [0.2, 0.25) is 0 Å². The van der Waals surface area contributed by atoms with Crippen LogP contribution < -0.4 is 0 Å². The Morgan fingerprint density at radius 3 is 1.18 bits per heavy atom. The van der Waals surface area contributed by atoms with Crippen molar-refractivity contribution in [3.05, 3.63) is 57.6 Å². The van der Waals surface area contributed by atoms with Crippen LogP contribution in [0.4, 0.5) is 0 Å². The number of aliphatic imine (C=N–C) groups is 1. The van der Waals surface area contributed by atoms with E-state index in [1.807, 2.05) is 18.3 Å². The van der Waals surface area contributed by atoms with Crippen molar-refractivity contribution in [1.29, 1.82) is 0 Å². The van der Waals surface area contributed by atoms with Gasteiger partial charge in [0.05, 0.1) is 6.54 Å². The normalized spacial score (nSPS) is 13.7. The number of aromatic hydroxyl groups is 2. The van der Waals surface area contributed by atoms with Gasteiger partial charge in [-0.15, -0.1) is 0 Å². The summed E-state index contributed by atoms with van der Waals surface area (Å²) in [5, 5.41) is 21.9. The minimum absolute atomic E-state index is 0.163. The first-order chi connectivity index (χ1) is 14.7. The minimum Gasteiger partial charge on any atom is -0.507 e. The van der Waals surface area contributed by atoms with Crippen LogP contribution in [0.1, 0.15) is 116 Å². The molecule has 0 heterocycles. The quantitative estimate of drug-likeness (QED) is 0.466. The fourth-order valence-electron chi connectivity index (χ4n) is 4.06. The Morgan fingerprint density at radius 1 is 0.576 bits per heavy atom. The zero-order chi connectivity index (χ0) is 25.6. The van der Waals surface area contributed by atoms with Crippen LogP contribution in [0.25, 0.3) is 0 Å². The molecule has 0 bridgehead atoms. The molecular weight excluding hydrogens is 406 g/mol. The summed E-state index contributed by atoms with van der Waals surface area (Å²) in [6, 6.07) is 8.26. The van der Waals surface area contributed by atoms with Gasteiger partial charge in [-0.25, -0.2) is 0 Å². The second-order valence-corrected chi connectivity index (χ2v) is 13.5. The average molecular weight is 452 g/mol. The summed E-state index contributed by atoms with van der Waals surface area (Å²) in [4.78, 5) is 4.78. The standard InChI is InChI=1S/C30H45NO2/c1-27(2,3)21-13-19(14-22(25(21)32)28(4,5)6)17-31-18-20-15-23(29(7,8)9)26(33)24(16-20)30(10,11)12/h13-17,32-33H,18H2,1-12H3. The Balaban J connectivity index is 2.52. The fraction of sp³-hybridized carbons (Fsp3) is 0.567. The number of nitrogens with zero attached hydrogens (tertiary/aromatic N) is 1. The van der Waals surface area contributed by atoms with Gasteiger partial charge < -0.3 is 10.2 Å². The van der Waals surface area contributed by atoms with Gasteiger partial charge in [0.1, 0.15) is 11.5 Å². The Kier molecular flexibility index (Phi) is 7.20. The van der Waals surface area contributed by atoms with Crippen molar-refractivity contribution in [1.82, 2.24) is 0 Å². The molecule has 0 atom stereocenters. The molecule has 33 heavy (non-hydrogen) atoms. The van der Waals surface area contributed by atoms with E-state index in [9.17, 15) is 10.2 Å². The highest BCUT2D eigenvalue weighted by Gasteiger charge is 2.27. The number of hydrogen-bond donors (Lipinski definition) is 2. The van der Waals surface area contributed by atoms with E-state index in [1.165, 1.54) is 0 Å². The molecule has 0 fully saturated rings. The molecule has 182 valence electrons. The first-order valence-corrected chi connectivity index (χ1v) is 12.0. The van der Waals surface area contributed by atoms with Crippen molar-refractivity contribution in [2.45, 2.75) is 111 Å². The van der Waals surface area contributed by atoms with Gasteiger partial charge in [0.2, 0.25) is 0 Å². The molecule has 2 aromatic rings. The number of phenols is 2. The van der Waals surface area contributed by atoms with Crippen LogP contribution >= 0.6 is 0 Å². The SMILES string of the molecule is CC(C)(C)c1cc(C=NCc2cc(C(C)(C)C)c(O)c(C(C)(C)C)c2)cc(C(C)(C)C)c1O. The van der Waals surface area contributed by atoms with Crippen molar-refractivity contribution in [2.75, 3.05) is 0 Å². The summed E-state index contributed by atoms with van der Waals surface area (Å²) in [7, 11) is 0. The van der Waals surface area contributed by atoms with Crippen molar-refractivity contribution >= 4 is 6.21 Å². The van der Waals surface area contributed by atoms with Gasteiger partial charge in [-0.3, -0.25) is 4.99 Å². The van der Waals surface area contributed by atoms with Crippen molar-refractivity contribution in [3.63, 3.8) is 0 Å². The summed E-state index contributed by atoms with van der Waals surface area (Å²) in [6.45, 7) is 26.0. The summed E-state index contributed by atoms with van der Waals surface area (Å²) >= 11 is 0. The molecule has 2 rings (SSSR count). The Morgan fingerprint density at radius 2 is 0.879 bits per heavy atom. The van der Waals surface area contributed by atoms with Gasteiger partial charge in [-0.05, 0) is 68.2 Å². The molecule has 0 aliphatic rings. The molecule has 3 nitrogen and oxygen atoms in total. The molecule has 0 unspecified atom stereocenters. The van der Waals surface area contributed by atoms with Crippen LogP contribution in [0, 0.1) is 0 Å². The van der Waals surface area contributed by atoms with Gasteiger partial charge in [0.15, 0.2) is 0 Å². The maximum Gasteiger partial charge on any atom is 0.123 e. The number of phenolic OH excluding ortho intramolecular Hbond substituents is 2. The van der Waals surface area contributed by atoms with Crippen LogP contribution in [0.5, 0.6) is 11.5 Å². The van der Waals surface area contributed by atoms with Crippen LogP contribution in [0.3, 0.4) is 0 Å². The first-order valence-electron chi connectivity index (χ1n) is 12.0. The van der Waals surface area contributed by atoms with E-state index in [0.29, 0.717) is 18.0 Å². The lowest BCUT2D eigenvalue weighted by atomic mass is 9.78. The van der Waals surface area contributed by atoms with E-state index in [0.717, 1.165) is 33.4 Å². The average Bonchev–Trinajstić information content (AvgIpc) is 2.60. The maximum atomic E-state index is 11.0.